The van der Waals surface area contributed by atoms with E-state index in [1.807, 2.05) is 13.0 Å². The maximum absolute atomic E-state index is 5.75. The van der Waals surface area contributed by atoms with Gasteiger partial charge in [0.25, 0.3) is 0 Å². The van der Waals surface area contributed by atoms with Crippen molar-refractivity contribution in [2.45, 2.75) is 32.2 Å². The van der Waals surface area contributed by atoms with E-state index in [4.69, 9.17) is 5.84 Å². The summed E-state index contributed by atoms with van der Waals surface area (Å²) < 4.78 is 0. The maximum atomic E-state index is 5.75. The van der Waals surface area contributed by atoms with Crippen molar-refractivity contribution in [1.82, 2.24) is 10.4 Å². The van der Waals surface area contributed by atoms with E-state index in [-0.39, 0.29) is 6.04 Å². The van der Waals surface area contributed by atoms with E-state index >= 15 is 0 Å². The molecule has 1 atom stereocenters. The van der Waals surface area contributed by atoms with Crippen LogP contribution < -0.4 is 11.3 Å². The third-order valence-electron chi connectivity index (χ3n) is 3.72. The number of rotatable bonds is 4. The average molecular weight is 241 g/mol. The SMILES string of the molecule is Cc1cc(C(CC2CC2)NN)c2ccccc2n1. The van der Waals surface area contributed by atoms with Crippen molar-refractivity contribution in [1.29, 1.82) is 0 Å². The van der Waals surface area contributed by atoms with Crippen molar-refractivity contribution < 1.29 is 0 Å². The van der Waals surface area contributed by atoms with Gasteiger partial charge in [-0.15, -0.1) is 0 Å². The van der Waals surface area contributed by atoms with E-state index in [1.165, 1.54) is 23.8 Å². The highest BCUT2D eigenvalue weighted by Gasteiger charge is 2.26. The number of aromatic nitrogens is 1. The standard InChI is InChI=1S/C15H19N3/c1-10-8-13(15(18-16)9-11-6-7-11)12-4-2-3-5-14(12)17-10/h2-5,8,11,15,18H,6-7,9,16H2,1H3. The van der Waals surface area contributed by atoms with Gasteiger partial charge in [0, 0.05) is 17.1 Å². The number of fused-ring (bicyclic) bond motifs is 1. The Labute approximate surface area is 107 Å². The number of nitrogens with zero attached hydrogens (tertiary/aromatic N) is 1. The van der Waals surface area contributed by atoms with E-state index in [1.54, 1.807) is 0 Å². The number of hydrazine groups is 1. The van der Waals surface area contributed by atoms with Crippen LogP contribution in [0.1, 0.15) is 36.6 Å². The number of benzene rings is 1. The zero-order valence-electron chi connectivity index (χ0n) is 10.7. The largest absolute Gasteiger partial charge is 0.271 e. The average Bonchev–Trinajstić information content (AvgIpc) is 3.19. The van der Waals surface area contributed by atoms with Gasteiger partial charge in [-0.3, -0.25) is 16.3 Å². The fraction of sp³-hybridized carbons (Fsp3) is 0.400. The lowest BCUT2D eigenvalue weighted by Gasteiger charge is -2.18. The van der Waals surface area contributed by atoms with Crippen LogP contribution in [-0.2, 0) is 0 Å². The van der Waals surface area contributed by atoms with Gasteiger partial charge >= 0.3 is 0 Å². The number of nitrogens with one attached hydrogen (secondary N) is 1. The number of nitrogens with two attached hydrogens (primary N) is 1. The molecular weight excluding hydrogens is 222 g/mol. The summed E-state index contributed by atoms with van der Waals surface area (Å²) in [6.07, 6.45) is 3.82. The Morgan fingerprint density at radius 2 is 2.17 bits per heavy atom. The van der Waals surface area contributed by atoms with Crippen molar-refractivity contribution in [3.8, 4) is 0 Å². The number of hydrogen-bond donors (Lipinski definition) is 2. The zero-order valence-corrected chi connectivity index (χ0v) is 10.7. The molecule has 1 aliphatic carbocycles. The van der Waals surface area contributed by atoms with Crippen LogP contribution in [0.4, 0.5) is 0 Å². The first-order valence-corrected chi connectivity index (χ1v) is 6.60. The van der Waals surface area contributed by atoms with E-state index < -0.39 is 0 Å². The Hall–Kier alpha value is -1.45. The molecule has 1 saturated carbocycles. The second-order valence-corrected chi connectivity index (χ2v) is 5.27. The second kappa shape index (κ2) is 4.67. The van der Waals surface area contributed by atoms with Crippen LogP contribution in [0.15, 0.2) is 30.3 Å². The van der Waals surface area contributed by atoms with E-state index in [2.05, 4.69) is 34.7 Å². The molecule has 1 fully saturated rings. The smallest absolute Gasteiger partial charge is 0.0708 e. The summed E-state index contributed by atoms with van der Waals surface area (Å²) in [5.74, 6) is 6.60. The molecule has 3 nitrogen and oxygen atoms in total. The molecule has 1 heterocycles. The maximum Gasteiger partial charge on any atom is 0.0708 e. The summed E-state index contributed by atoms with van der Waals surface area (Å²) >= 11 is 0. The van der Waals surface area contributed by atoms with Gasteiger partial charge in [-0.1, -0.05) is 31.0 Å². The Balaban J connectivity index is 2.07. The number of aryl methyl sites for hydroxylation is 1. The molecule has 1 aromatic carbocycles. The first kappa shape index (κ1) is 11.6. The number of hydrogen-bond acceptors (Lipinski definition) is 3. The topological polar surface area (TPSA) is 50.9 Å². The number of pyridine rings is 1. The Bertz CT molecular complexity index is 561. The van der Waals surface area contributed by atoms with E-state index in [0.29, 0.717) is 0 Å². The van der Waals surface area contributed by atoms with Crippen LogP contribution in [0.3, 0.4) is 0 Å². The molecule has 0 spiro atoms. The van der Waals surface area contributed by atoms with E-state index in [0.717, 1.165) is 23.5 Å². The Kier molecular flexibility index (Phi) is 3.02. The Morgan fingerprint density at radius 1 is 1.39 bits per heavy atom. The molecule has 0 aliphatic heterocycles. The minimum absolute atomic E-state index is 0.240. The molecule has 0 radical (unpaired) electrons. The van der Waals surface area contributed by atoms with Gasteiger partial charge in [-0.2, -0.15) is 0 Å². The third-order valence-corrected chi connectivity index (χ3v) is 3.72. The minimum atomic E-state index is 0.240. The highest BCUT2D eigenvalue weighted by atomic mass is 15.2. The van der Waals surface area contributed by atoms with Crippen LogP contribution >= 0.6 is 0 Å². The molecule has 0 amide bonds. The molecule has 3 N–H and O–H groups in total. The molecule has 3 heteroatoms. The van der Waals surface area contributed by atoms with Crippen molar-refractivity contribution >= 4 is 10.9 Å². The van der Waals surface area contributed by atoms with Crippen molar-refractivity contribution in [3.05, 3.63) is 41.6 Å². The summed E-state index contributed by atoms with van der Waals surface area (Å²) in [4.78, 5) is 4.58. The molecule has 18 heavy (non-hydrogen) atoms. The van der Waals surface area contributed by atoms with E-state index in [9.17, 15) is 0 Å². The van der Waals surface area contributed by atoms with Crippen LogP contribution in [0, 0.1) is 12.8 Å². The normalized spacial score (nSPS) is 17.0. The highest BCUT2D eigenvalue weighted by Crippen LogP contribution is 2.38. The van der Waals surface area contributed by atoms with Crippen LogP contribution in [0.25, 0.3) is 10.9 Å². The predicted molar refractivity (Wildman–Crippen MR) is 73.9 cm³/mol. The van der Waals surface area contributed by atoms with Gasteiger partial charge in [-0.25, -0.2) is 0 Å². The van der Waals surface area contributed by atoms with Gasteiger partial charge in [0.05, 0.1) is 5.52 Å². The minimum Gasteiger partial charge on any atom is -0.271 e. The van der Waals surface area contributed by atoms with Gasteiger partial charge < -0.3 is 0 Å². The quantitative estimate of drug-likeness (QED) is 0.639. The summed E-state index contributed by atoms with van der Waals surface area (Å²) in [6.45, 7) is 2.04. The lowest BCUT2D eigenvalue weighted by Crippen LogP contribution is -2.28. The fourth-order valence-corrected chi connectivity index (χ4v) is 2.60. The zero-order chi connectivity index (χ0) is 12.5. The summed E-state index contributed by atoms with van der Waals surface area (Å²) in [6, 6.07) is 10.7. The van der Waals surface area contributed by atoms with Crippen molar-refractivity contribution in [3.63, 3.8) is 0 Å². The highest BCUT2D eigenvalue weighted by molar-refractivity contribution is 5.82. The molecule has 94 valence electrons. The van der Waals surface area contributed by atoms with Crippen molar-refractivity contribution in [2.75, 3.05) is 0 Å². The van der Waals surface area contributed by atoms with Gasteiger partial charge in [-0.05, 0) is 37.0 Å². The van der Waals surface area contributed by atoms with Crippen molar-refractivity contribution in [2.24, 2.45) is 11.8 Å². The van der Waals surface area contributed by atoms with Crippen LogP contribution in [0.2, 0.25) is 0 Å². The summed E-state index contributed by atoms with van der Waals surface area (Å²) in [7, 11) is 0. The fourth-order valence-electron chi connectivity index (χ4n) is 2.60. The third kappa shape index (κ3) is 2.24. The second-order valence-electron chi connectivity index (χ2n) is 5.27. The molecule has 3 rings (SSSR count). The monoisotopic (exact) mass is 241 g/mol. The lowest BCUT2D eigenvalue weighted by molar-refractivity contribution is 0.489. The molecule has 0 bridgehead atoms. The number of para-hydroxylation sites is 1. The van der Waals surface area contributed by atoms with Gasteiger partial charge in [0.15, 0.2) is 0 Å². The molecule has 1 aliphatic rings. The van der Waals surface area contributed by atoms with Crippen LogP contribution in [0.5, 0.6) is 0 Å². The molecule has 2 aromatic rings. The summed E-state index contributed by atoms with van der Waals surface area (Å²) in [5, 5.41) is 1.21. The van der Waals surface area contributed by atoms with Gasteiger partial charge in [0.2, 0.25) is 0 Å². The summed E-state index contributed by atoms with van der Waals surface area (Å²) in [5.41, 5.74) is 6.38. The first-order valence-electron chi connectivity index (χ1n) is 6.60. The molecule has 1 aromatic heterocycles. The predicted octanol–water partition coefficient (Wildman–Crippen LogP) is 2.85. The molecule has 1 unspecified atom stereocenters. The first-order chi connectivity index (χ1) is 8.78. The Morgan fingerprint density at radius 3 is 2.89 bits per heavy atom. The molecule has 0 saturated heterocycles. The van der Waals surface area contributed by atoms with Crippen LogP contribution in [-0.4, -0.2) is 4.98 Å². The van der Waals surface area contributed by atoms with Gasteiger partial charge in [0.1, 0.15) is 0 Å². The molecular formula is C15H19N3. The lowest BCUT2D eigenvalue weighted by atomic mass is 9.97.